The van der Waals surface area contributed by atoms with Gasteiger partial charge in [-0.3, -0.25) is 10.3 Å². The van der Waals surface area contributed by atoms with Gasteiger partial charge in [-0.05, 0) is 31.5 Å². The van der Waals surface area contributed by atoms with Gasteiger partial charge in [0.05, 0.1) is 11.4 Å². The summed E-state index contributed by atoms with van der Waals surface area (Å²) in [5, 5.41) is 2.70. The minimum Gasteiger partial charge on any atom is -0.428 e. The molecule has 0 saturated heterocycles. The van der Waals surface area contributed by atoms with Gasteiger partial charge in [-0.15, -0.1) is 0 Å². The molecular weight excluding hydrogens is 316 g/mol. The number of urea groups is 1. The lowest BCUT2D eigenvalue weighted by atomic mass is 10.0. The third-order valence-corrected chi connectivity index (χ3v) is 4.03. The molecule has 6 nitrogen and oxygen atoms in total. The van der Waals surface area contributed by atoms with E-state index < -0.39 is 0 Å². The molecule has 1 aromatic carbocycles. The monoisotopic (exact) mass is 336 g/mol. The maximum absolute atomic E-state index is 12.7. The first-order valence-corrected chi connectivity index (χ1v) is 8.00. The number of aryl methyl sites for hydroxylation is 2. The molecule has 0 bridgehead atoms. The molecule has 3 rings (SSSR count). The highest BCUT2D eigenvalue weighted by Gasteiger charge is 2.25. The van der Waals surface area contributed by atoms with Crippen LogP contribution in [-0.2, 0) is 0 Å². The van der Waals surface area contributed by atoms with Crippen molar-refractivity contribution in [2.45, 2.75) is 19.9 Å². The Morgan fingerprint density at radius 3 is 2.44 bits per heavy atom. The largest absolute Gasteiger partial charge is 0.428 e. The molecule has 2 aromatic heterocycles. The first-order chi connectivity index (χ1) is 12.1. The molecule has 2 amide bonds. The minimum atomic E-state index is -0.320. The molecule has 0 fully saturated rings. The zero-order valence-corrected chi connectivity index (χ0v) is 14.4. The zero-order valence-electron chi connectivity index (χ0n) is 14.4. The number of aromatic nitrogens is 2. The average molecular weight is 336 g/mol. The van der Waals surface area contributed by atoms with Gasteiger partial charge in [0.25, 0.3) is 0 Å². The van der Waals surface area contributed by atoms with Gasteiger partial charge in [-0.1, -0.05) is 36.4 Å². The molecule has 0 saturated carbocycles. The maximum atomic E-state index is 12.7. The topological polar surface area (TPSA) is 71.3 Å². The van der Waals surface area contributed by atoms with Gasteiger partial charge < -0.3 is 9.32 Å². The van der Waals surface area contributed by atoms with Crippen LogP contribution in [0.4, 0.5) is 10.8 Å². The van der Waals surface area contributed by atoms with Crippen molar-refractivity contribution in [2.24, 2.45) is 0 Å². The summed E-state index contributed by atoms with van der Waals surface area (Å²) in [5.74, 6) is 0.683. The van der Waals surface area contributed by atoms with Crippen molar-refractivity contribution in [3.8, 4) is 0 Å². The second-order valence-corrected chi connectivity index (χ2v) is 5.77. The first-order valence-electron chi connectivity index (χ1n) is 8.00. The molecule has 0 radical (unpaired) electrons. The van der Waals surface area contributed by atoms with Crippen LogP contribution in [0.3, 0.4) is 0 Å². The Balaban J connectivity index is 1.88. The summed E-state index contributed by atoms with van der Waals surface area (Å²) in [7, 11) is 1.73. The number of pyridine rings is 1. The van der Waals surface area contributed by atoms with E-state index in [0.29, 0.717) is 5.76 Å². The normalized spacial score (nSPS) is 11.8. The van der Waals surface area contributed by atoms with Crippen LogP contribution in [0.25, 0.3) is 0 Å². The number of carbonyl (C=O) groups excluding carboxylic acids is 1. The zero-order chi connectivity index (χ0) is 17.8. The van der Waals surface area contributed by atoms with Crippen molar-refractivity contribution < 1.29 is 9.21 Å². The van der Waals surface area contributed by atoms with E-state index in [9.17, 15) is 4.79 Å². The summed E-state index contributed by atoms with van der Waals surface area (Å²) in [5.41, 5.74) is 2.51. The maximum Gasteiger partial charge on any atom is 0.326 e. The third kappa shape index (κ3) is 3.68. The predicted molar refractivity (Wildman–Crippen MR) is 95.3 cm³/mol. The molecule has 0 unspecified atom stereocenters. The van der Waals surface area contributed by atoms with Gasteiger partial charge in [0.1, 0.15) is 11.8 Å². The van der Waals surface area contributed by atoms with Crippen LogP contribution in [0.2, 0.25) is 0 Å². The Morgan fingerprint density at radius 2 is 1.84 bits per heavy atom. The van der Waals surface area contributed by atoms with E-state index in [-0.39, 0.29) is 18.1 Å². The van der Waals surface area contributed by atoms with Crippen LogP contribution in [0.15, 0.2) is 59.1 Å². The van der Waals surface area contributed by atoms with Crippen LogP contribution in [0.5, 0.6) is 0 Å². The smallest absolute Gasteiger partial charge is 0.326 e. The van der Waals surface area contributed by atoms with Crippen molar-refractivity contribution in [3.63, 3.8) is 0 Å². The summed E-state index contributed by atoms with van der Waals surface area (Å²) in [6, 6.07) is 15.0. The highest BCUT2D eigenvalue weighted by molar-refractivity contribution is 5.87. The Kier molecular flexibility index (Phi) is 4.79. The lowest BCUT2D eigenvalue weighted by molar-refractivity contribution is 0.210. The van der Waals surface area contributed by atoms with Crippen LogP contribution < -0.4 is 5.32 Å². The summed E-state index contributed by atoms with van der Waals surface area (Å²) >= 11 is 0. The number of nitrogens with one attached hydrogen (secondary N) is 1. The van der Waals surface area contributed by atoms with E-state index in [0.717, 1.165) is 17.0 Å². The summed E-state index contributed by atoms with van der Waals surface area (Å²) in [6.07, 6.45) is 1.72. The van der Waals surface area contributed by atoms with Crippen molar-refractivity contribution in [1.82, 2.24) is 14.9 Å². The standard InChI is InChI=1S/C19H20N4O2/c1-13-14(2)25-18(21-13)22-19(24)23(3)17(15-9-5-4-6-10-15)16-11-7-8-12-20-16/h4-12,17H,1-3H3,(H,21,22,24)/t17-/m0/s1. The number of anilines is 1. The summed E-state index contributed by atoms with van der Waals surface area (Å²) in [4.78, 5) is 22.9. The number of oxazole rings is 1. The number of hydrogen-bond acceptors (Lipinski definition) is 4. The molecule has 2 heterocycles. The summed E-state index contributed by atoms with van der Waals surface area (Å²) < 4.78 is 5.44. The highest BCUT2D eigenvalue weighted by Crippen LogP contribution is 2.26. The number of benzene rings is 1. The second kappa shape index (κ2) is 7.17. The van der Waals surface area contributed by atoms with Gasteiger partial charge in [0.15, 0.2) is 0 Å². The SMILES string of the molecule is Cc1nc(NC(=O)N(C)[C@@H](c2ccccc2)c2ccccn2)oc1C. The molecule has 1 atom stereocenters. The summed E-state index contributed by atoms with van der Waals surface area (Å²) in [6.45, 7) is 3.64. The van der Waals surface area contributed by atoms with E-state index in [4.69, 9.17) is 4.42 Å². The molecule has 25 heavy (non-hydrogen) atoms. The molecular formula is C19H20N4O2. The number of amides is 2. The molecule has 0 spiro atoms. The first kappa shape index (κ1) is 16.7. The number of nitrogens with zero attached hydrogens (tertiary/aromatic N) is 3. The van der Waals surface area contributed by atoms with Crippen LogP contribution in [-0.4, -0.2) is 27.9 Å². The Hall–Kier alpha value is -3.15. The highest BCUT2D eigenvalue weighted by atomic mass is 16.4. The quantitative estimate of drug-likeness (QED) is 0.783. The fourth-order valence-electron chi connectivity index (χ4n) is 2.59. The van der Waals surface area contributed by atoms with Crippen molar-refractivity contribution in [1.29, 1.82) is 0 Å². The van der Waals surface area contributed by atoms with E-state index in [1.54, 1.807) is 18.1 Å². The fourth-order valence-corrected chi connectivity index (χ4v) is 2.59. The van der Waals surface area contributed by atoms with Gasteiger partial charge in [-0.2, -0.15) is 4.98 Å². The minimum absolute atomic E-state index is 0.194. The van der Waals surface area contributed by atoms with Crippen LogP contribution >= 0.6 is 0 Å². The lowest BCUT2D eigenvalue weighted by Crippen LogP contribution is -2.36. The molecule has 0 aliphatic heterocycles. The van der Waals surface area contributed by atoms with Gasteiger partial charge in [0, 0.05) is 13.2 Å². The molecule has 1 N–H and O–H groups in total. The van der Waals surface area contributed by atoms with Crippen LogP contribution in [0, 0.1) is 13.8 Å². The van der Waals surface area contributed by atoms with E-state index >= 15 is 0 Å². The molecule has 6 heteroatoms. The van der Waals surface area contributed by atoms with E-state index in [1.165, 1.54) is 0 Å². The second-order valence-electron chi connectivity index (χ2n) is 5.77. The fraction of sp³-hybridized carbons (Fsp3) is 0.211. The Morgan fingerprint density at radius 1 is 1.12 bits per heavy atom. The van der Waals surface area contributed by atoms with Crippen LogP contribution in [0.1, 0.15) is 28.8 Å². The lowest BCUT2D eigenvalue weighted by Gasteiger charge is -2.27. The molecule has 0 aliphatic rings. The van der Waals surface area contributed by atoms with Gasteiger partial charge in [-0.25, -0.2) is 4.79 Å². The number of hydrogen-bond donors (Lipinski definition) is 1. The van der Waals surface area contributed by atoms with E-state index in [1.807, 2.05) is 62.4 Å². The van der Waals surface area contributed by atoms with Crippen molar-refractivity contribution >= 4 is 12.0 Å². The molecule has 128 valence electrons. The Labute approximate surface area is 146 Å². The average Bonchev–Trinajstić information content (AvgIpc) is 2.94. The van der Waals surface area contributed by atoms with Gasteiger partial charge in [0.2, 0.25) is 0 Å². The van der Waals surface area contributed by atoms with Crippen molar-refractivity contribution in [3.05, 3.63) is 77.4 Å². The predicted octanol–water partition coefficient (Wildman–Crippen LogP) is 3.94. The van der Waals surface area contributed by atoms with E-state index in [2.05, 4.69) is 15.3 Å². The third-order valence-electron chi connectivity index (χ3n) is 4.03. The van der Waals surface area contributed by atoms with Gasteiger partial charge >= 0.3 is 12.0 Å². The number of carbonyl (C=O) groups is 1. The Bertz CT molecular complexity index is 787. The van der Waals surface area contributed by atoms with Crippen molar-refractivity contribution in [2.75, 3.05) is 12.4 Å². The molecule has 0 aliphatic carbocycles. The molecule has 3 aromatic rings. The number of rotatable bonds is 4.